The van der Waals surface area contributed by atoms with Crippen LogP contribution >= 0.6 is 11.5 Å². The molecule has 3 aromatic carbocycles. The summed E-state index contributed by atoms with van der Waals surface area (Å²) in [6, 6.07) is 13.7. The van der Waals surface area contributed by atoms with Gasteiger partial charge in [0.05, 0.1) is 31.8 Å². The van der Waals surface area contributed by atoms with Crippen LogP contribution in [0.1, 0.15) is 5.56 Å². The van der Waals surface area contributed by atoms with Crippen molar-refractivity contribution < 1.29 is 31.2 Å². The first-order chi connectivity index (χ1) is 21.6. The number of nitrogens with zero attached hydrogens (tertiary/aromatic N) is 5. The Morgan fingerprint density at radius 1 is 1.04 bits per heavy atom. The molecule has 0 spiro atoms. The zero-order valence-electron chi connectivity index (χ0n) is 23.5. The number of methoxy groups -OCH3 is 2. The fourth-order valence-corrected chi connectivity index (χ4v) is 6.91. The van der Waals surface area contributed by atoms with Crippen molar-refractivity contribution in [2.45, 2.75) is 11.4 Å². The quantitative estimate of drug-likeness (QED) is 0.231. The lowest BCUT2D eigenvalue weighted by Crippen LogP contribution is -2.31. The predicted molar refractivity (Wildman–Crippen MR) is 162 cm³/mol. The van der Waals surface area contributed by atoms with Crippen LogP contribution < -0.4 is 25.1 Å². The summed E-state index contributed by atoms with van der Waals surface area (Å²) in [5.41, 5.74) is 6.03. The Labute approximate surface area is 258 Å². The molecule has 0 bridgehead atoms. The highest BCUT2D eigenvalue weighted by molar-refractivity contribution is 7.93. The first-order valence-electron chi connectivity index (χ1n) is 13.0. The number of hydrogen-bond acceptors (Lipinski definition) is 11. The zero-order chi connectivity index (χ0) is 31.9. The molecule has 3 aromatic heterocycles. The van der Waals surface area contributed by atoms with Gasteiger partial charge in [-0.25, -0.2) is 26.5 Å². The van der Waals surface area contributed by atoms with E-state index < -0.39 is 37.8 Å². The highest BCUT2D eigenvalue weighted by Gasteiger charge is 2.32. The lowest BCUT2D eigenvalue weighted by molar-refractivity contribution is 0.391. The number of hydrogen-bond donors (Lipinski definition) is 1. The molecule has 6 aromatic rings. The van der Waals surface area contributed by atoms with E-state index in [1.807, 2.05) is 0 Å². The Morgan fingerprint density at radius 2 is 1.87 bits per heavy atom. The summed E-state index contributed by atoms with van der Waals surface area (Å²) in [6.45, 7) is -0.351. The van der Waals surface area contributed by atoms with Gasteiger partial charge in [0.15, 0.2) is 11.4 Å². The van der Waals surface area contributed by atoms with E-state index in [1.165, 1.54) is 32.5 Å². The number of fused-ring (bicyclic) bond motifs is 1. The van der Waals surface area contributed by atoms with Crippen molar-refractivity contribution in [2.75, 3.05) is 24.3 Å². The molecule has 0 fully saturated rings. The normalized spacial score (nSPS) is 11.6. The number of pyridine rings is 1. The van der Waals surface area contributed by atoms with Gasteiger partial charge in [-0.15, -0.1) is 0 Å². The number of nitrogens with two attached hydrogens (primary N) is 1. The van der Waals surface area contributed by atoms with Crippen molar-refractivity contribution in [3.63, 3.8) is 0 Å². The molecule has 6 rings (SSSR count). The summed E-state index contributed by atoms with van der Waals surface area (Å²) in [6.07, 6.45) is 2.38. The van der Waals surface area contributed by atoms with Crippen LogP contribution in [-0.2, 0) is 16.6 Å². The van der Waals surface area contributed by atoms with E-state index in [1.54, 1.807) is 36.4 Å². The molecule has 2 N–H and O–H groups in total. The number of ether oxygens (including phenoxy) is 2. The van der Waals surface area contributed by atoms with Crippen LogP contribution in [0.3, 0.4) is 0 Å². The molecule has 0 aliphatic heterocycles. The number of nitrogen functional groups attached to an aromatic ring is 1. The van der Waals surface area contributed by atoms with E-state index in [2.05, 4.69) is 14.5 Å². The van der Waals surface area contributed by atoms with E-state index in [-0.39, 0.29) is 23.1 Å². The Kier molecular flexibility index (Phi) is 7.68. The molecule has 0 amide bonds. The van der Waals surface area contributed by atoms with Gasteiger partial charge in [0, 0.05) is 41.0 Å². The Hall–Kier alpha value is -5.35. The third-order valence-electron chi connectivity index (χ3n) is 6.96. The highest BCUT2D eigenvalue weighted by atomic mass is 32.2. The minimum Gasteiger partial charge on any atom is -0.497 e. The molecule has 0 aliphatic rings. The van der Waals surface area contributed by atoms with Crippen LogP contribution in [0.5, 0.6) is 11.5 Å². The highest BCUT2D eigenvalue weighted by Crippen LogP contribution is 2.33. The average Bonchev–Trinajstić information content (AvgIpc) is 3.70. The van der Waals surface area contributed by atoms with Crippen LogP contribution in [0, 0.1) is 11.6 Å². The van der Waals surface area contributed by atoms with E-state index in [9.17, 15) is 13.2 Å². The van der Waals surface area contributed by atoms with Crippen molar-refractivity contribution in [1.82, 2.24) is 19.1 Å². The topological polar surface area (TPSA) is 156 Å². The molecule has 0 radical (unpaired) electrons. The summed E-state index contributed by atoms with van der Waals surface area (Å²) < 4.78 is 80.5. The summed E-state index contributed by atoms with van der Waals surface area (Å²) in [7, 11) is -1.91. The van der Waals surface area contributed by atoms with Crippen LogP contribution in [0.4, 0.5) is 19.7 Å². The summed E-state index contributed by atoms with van der Waals surface area (Å²) in [4.78, 5) is 16.5. The number of aromatic nitrogens is 4. The van der Waals surface area contributed by atoms with Crippen molar-refractivity contribution in [3.05, 3.63) is 101 Å². The Balaban J connectivity index is 1.41. The van der Waals surface area contributed by atoms with E-state index in [0.717, 1.165) is 26.7 Å². The molecule has 16 heteroatoms. The Bertz CT molecular complexity index is 2220. The second-order valence-corrected chi connectivity index (χ2v) is 12.1. The monoisotopic (exact) mass is 652 g/mol. The van der Waals surface area contributed by atoms with Gasteiger partial charge in [0.1, 0.15) is 34.4 Å². The minimum atomic E-state index is -4.77. The lowest BCUT2D eigenvalue weighted by Gasteiger charge is -2.23. The van der Waals surface area contributed by atoms with Crippen molar-refractivity contribution in [1.29, 1.82) is 0 Å². The van der Waals surface area contributed by atoms with Crippen LogP contribution in [0.25, 0.3) is 27.8 Å². The summed E-state index contributed by atoms with van der Waals surface area (Å²) >= 11 is 0.747. The molecule has 0 unspecified atom stereocenters. The maximum Gasteiger partial charge on any atom is 0.269 e. The van der Waals surface area contributed by atoms with E-state index >= 15 is 8.78 Å². The summed E-state index contributed by atoms with van der Waals surface area (Å²) in [5.74, 6) is -1.56. The SMILES string of the molecule is COc1ccc(CN(c2ncns2)S(=O)(=O)c2cc(F)c(-n3cccc(-c4ccc5onc(N)c5c4)c3=O)cc2F)c(OC)c1. The number of halogens is 2. The maximum atomic E-state index is 15.7. The van der Waals surface area contributed by atoms with Crippen LogP contribution in [0.15, 0.2) is 87.4 Å². The van der Waals surface area contributed by atoms with Crippen molar-refractivity contribution in [3.8, 4) is 28.3 Å². The van der Waals surface area contributed by atoms with Crippen molar-refractivity contribution >= 4 is 43.5 Å². The number of rotatable bonds is 9. The fraction of sp³-hybridized carbons (Fsp3) is 0.103. The first kappa shape index (κ1) is 29.7. The molecule has 0 saturated carbocycles. The van der Waals surface area contributed by atoms with Gasteiger partial charge in [0.25, 0.3) is 15.6 Å². The third-order valence-corrected chi connectivity index (χ3v) is 9.51. The van der Waals surface area contributed by atoms with Gasteiger partial charge in [-0.3, -0.25) is 9.36 Å². The van der Waals surface area contributed by atoms with E-state index in [0.29, 0.717) is 45.7 Å². The zero-order valence-corrected chi connectivity index (χ0v) is 25.1. The molecule has 230 valence electrons. The first-order valence-corrected chi connectivity index (χ1v) is 15.2. The van der Waals surface area contributed by atoms with Crippen LogP contribution in [0.2, 0.25) is 0 Å². The standard InChI is InChI=1S/C29H22F2N6O6S2/c1-41-18-7-5-17(25(11-18)42-2)14-37(29-33-15-34-44-29)45(39,40)26-13-21(30)23(12-22(26)31)36-9-3-4-19(28(36)38)16-6-8-24-20(10-16)27(32)35-43-24/h3-13,15H,14H2,1-2H3,(H2,32,35). The molecule has 3 heterocycles. The predicted octanol–water partition coefficient (Wildman–Crippen LogP) is 4.77. The van der Waals surface area contributed by atoms with Gasteiger partial charge in [-0.1, -0.05) is 11.2 Å². The van der Waals surface area contributed by atoms with Gasteiger partial charge < -0.3 is 19.7 Å². The molecule has 0 aliphatic carbocycles. The lowest BCUT2D eigenvalue weighted by atomic mass is 10.1. The number of anilines is 2. The van der Waals surface area contributed by atoms with Gasteiger partial charge in [-0.05, 0) is 48.0 Å². The molecule has 0 saturated heterocycles. The van der Waals surface area contributed by atoms with E-state index in [4.69, 9.17) is 19.7 Å². The molecular formula is C29H22F2N6O6S2. The van der Waals surface area contributed by atoms with Crippen LogP contribution in [-0.4, -0.2) is 41.7 Å². The third kappa shape index (κ3) is 5.33. The smallest absolute Gasteiger partial charge is 0.269 e. The second-order valence-electron chi connectivity index (χ2n) is 9.52. The van der Waals surface area contributed by atoms with Gasteiger partial charge >= 0.3 is 0 Å². The molecule has 0 atom stereocenters. The molecular weight excluding hydrogens is 630 g/mol. The maximum absolute atomic E-state index is 15.7. The van der Waals surface area contributed by atoms with Gasteiger partial charge in [0.2, 0.25) is 5.13 Å². The molecule has 12 nitrogen and oxygen atoms in total. The molecule has 45 heavy (non-hydrogen) atoms. The second kappa shape index (κ2) is 11.6. The Morgan fingerprint density at radius 3 is 2.60 bits per heavy atom. The average molecular weight is 653 g/mol. The van der Waals surface area contributed by atoms with Crippen molar-refractivity contribution in [2.24, 2.45) is 0 Å². The van der Waals surface area contributed by atoms with Gasteiger partial charge in [-0.2, -0.15) is 4.37 Å². The fourth-order valence-electron chi connectivity index (χ4n) is 4.72. The number of benzene rings is 3. The minimum absolute atomic E-state index is 0.0916. The number of sulfonamides is 1. The summed E-state index contributed by atoms with van der Waals surface area (Å²) in [5, 5.41) is 4.07. The largest absolute Gasteiger partial charge is 0.497 e.